The molecule has 0 spiro atoms. The lowest BCUT2D eigenvalue weighted by atomic mass is 10.0. The minimum atomic E-state index is -0.242. The first kappa shape index (κ1) is 13.9. The summed E-state index contributed by atoms with van der Waals surface area (Å²) in [4.78, 5) is 12.1. The summed E-state index contributed by atoms with van der Waals surface area (Å²) in [6.45, 7) is 0. The molecule has 110 valence electrons. The number of rotatable bonds is 4. The van der Waals surface area contributed by atoms with Gasteiger partial charge < -0.3 is 10.4 Å². The van der Waals surface area contributed by atoms with E-state index in [9.17, 15) is 9.90 Å². The molecule has 2 aromatic carbocycles. The Morgan fingerprint density at radius 3 is 2.73 bits per heavy atom. The van der Waals surface area contributed by atoms with E-state index < -0.39 is 0 Å². The molecule has 0 bridgehead atoms. The fourth-order valence-electron chi connectivity index (χ4n) is 2.23. The van der Waals surface area contributed by atoms with Crippen LogP contribution in [0, 0.1) is 0 Å². The molecule has 3 rings (SSSR count). The van der Waals surface area contributed by atoms with Gasteiger partial charge in [-0.15, -0.1) is 0 Å². The van der Waals surface area contributed by atoms with Crippen LogP contribution in [0.15, 0.2) is 60.9 Å². The monoisotopic (exact) mass is 293 g/mol. The average molecular weight is 293 g/mol. The molecular formula is C17H15N3O2. The molecule has 0 atom stereocenters. The van der Waals surface area contributed by atoms with Crippen molar-refractivity contribution in [3.63, 3.8) is 0 Å². The van der Waals surface area contributed by atoms with E-state index >= 15 is 0 Å². The molecule has 0 aliphatic rings. The van der Waals surface area contributed by atoms with Gasteiger partial charge in [0.2, 0.25) is 0 Å². The molecule has 0 unspecified atom stereocenters. The Bertz CT molecular complexity index is 768. The van der Waals surface area contributed by atoms with Crippen LogP contribution in [0.5, 0.6) is 5.75 Å². The molecule has 0 radical (unpaired) electrons. The van der Waals surface area contributed by atoms with Crippen LogP contribution < -0.4 is 5.32 Å². The average Bonchev–Trinajstić information content (AvgIpc) is 3.05. The third-order valence-corrected chi connectivity index (χ3v) is 3.33. The predicted molar refractivity (Wildman–Crippen MR) is 83.9 cm³/mol. The summed E-state index contributed by atoms with van der Waals surface area (Å²) in [5.74, 6) is -0.0685. The van der Waals surface area contributed by atoms with Gasteiger partial charge in [-0.2, -0.15) is 5.10 Å². The van der Waals surface area contributed by atoms with Gasteiger partial charge in [0.1, 0.15) is 5.75 Å². The van der Waals surface area contributed by atoms with Crippen molar-refractivity contribution in [1.82, 2.24) is 10.2 Å². The Balaban J connectivity index is 1.86. The van der Waals surface area contributed by atoms with Crippen LogP contribution >= 0.6 is 0 Å². The molecule has 5 nitrogen and oxygen atoms in total. The number of carbonyl (C=O) groups is 1. The van der Waals surface area contributed by atoms with Crippen molar-refractivity contribution in [3.8, 4) is 5.75 Å². The van der Waals surface area contributed by atoms with E-state index in [-0.39, 0.29) is 11.7 Å². The number of benzene rings is 2. The van der Waals surface area contributed by atoms with Crippen molar-refractivity contribution in [2.45, 2.75) is 6.42 Å². The molecular weight excluding hydrogens is 278 g/mol. The van der Waals surface area contributed by atoms with Gasteiger partial charge in [-0.3, -0.25) is 9.89 Å². The molecule has 3 N–H and O–H groups in total. The summed E-state index contributed by atoms with van der Waals surface area (Å²) < 4.78 is 0. The molecule has 0 saturated carbocycles. The lowest BCUT2D eigenvalue weighted by Crippen LogP contribution is -2.12. The molecule has 0 aliphatic carbocycles. The zero-order valence-corrected chi connectivity index (χ0v) is 11.8. The van der Waals surface area contributed by atoms with E-state index in [0.717, 1.165) is 11.1 Å². The smallest absolute Gasteiger partial charge is 0.258 e. The molecule has 5 heteroatoms. The number of H-pyrrole nitrogens is 1. The first-order valence-corrected chi connectivity index (χ1v) is 6.88. The first-order chi connectivity index (χ1) is 10.7. The predicted octanol–water partition coefficient (Wildman–Crippen LogP) is 2.96. The van der Waals surface area contributed by atoms with Crippen molar-refractivity contribution in [1.29, 1.82) is 0 Å². The SMILES string of the molecule is O=C(Nc1ccc(O)cc1Cc1ccccc1)c1cn[nH]c1. The Labute approximate surface area is 127 Å². The molecule has 22 heavy (non-hydrogen) atoms. The van der Waals surface area contributed by atoms with Gasteiger partial charge in [0.25, 0.3) is 5.91 Å². The molecule has 1 heterocycles. The van der Waals surface area contributed by atoms with Crippen molar-refractivity contribution in [2.24, 2.45) is 0 Å². The molecule has 0 aliphatic heterocycles. The number of carbonyl (C=O) groups excluding carboxylic acids is 1. The number of aromatic nitrogens is 2. The summed E-state index contributed by atoms with van der Waals surface area (Å²) in [5, 5.41) is 18.9. The highest BCUT2D eigenvalue weighted by atomic mass is 16.3. The highest BCUT2D eigenvalue weighted by molar-refractivity contribution is 6.04. The third kappa shape index (κ3) is 3.15. The first-order valence-electron chi connectivity index (χ1n) is 6.88. The van der Waals surface area contributed by atoms with E-state index in [1.165, 1.54) is 12.4 Å². The summed E-state index contributed by atoms with van der Waals surface area (Å²) in [6, 6.07) is 14.8. The van der Waals surface area contributed by atoms with Crippen LogP contribution in [0.1, 0.15) is 21.5 Å². The fraction of sp³-hybridized carbons (Fsp3) is 0.0588. The maximum atomic E-state index is 12.1. The normalized spacial score (nSPS) is 10.4. The van der Waals surface area contributed by atoms with Gasteiger partial charge in [-0.1, -0.05) is 30.3 Å². The van der Waals surface area contributed by atoms with Gasteiger partial charge in [-0.25, -0.2) is 0 Å². The minimum Gasteiger partial charge on any atom is -0.508 e. The maximum Gasteiger partial charge on any atom is 0.258 e. The van der Waals surface area contributed by atoms with E-state index in [0.29, 0.717) is 17.7 Å². The number of nitrogens with zero attached hydrogens (tertiary/aromatic N) is 1. The zero-order chi connectivity index (χ0) is 15.4. The fourth-order valence-corrected chi connectivity index (χ4v) is 2.23. The summed E-state index contributed by atoms with van der Waals surface area (Å²) in [7, 11) is 0. The van der Waals surface area contributed by atoms with Crippen LogP contribution in [0.3, 0.4) is 0 Å². The lowest BCUT2D eigenvalue weighted by molar-refractivity contribution is 0.102. The number of aromatic amines is 1. The molecule has 1 amide bonds. The summed E-state index contributed by atoms with van der Waals surface area (Å²) in [6.07, 6.45) is 3.62. The van der Waals surface area contributed by atoms with Crippen LogP contribution in [-0.4, -0.2) is 21.2 Å². The Morgan fingerprint density at radius 2 is 2.00 bits per heavy atom. The largest absolute Gasteiger partial charge is 0.508 e. The van der Waals surface area contributed by atoms with E-state index in [1.54, 1.807) is 18.2 Å². The van der Waals surface area contributed by atoms with E-state index in [1.807, 2.05) is 30.3 Å². The second-order valence-electron chi connectivity index (χ2n) is 4.94. The Hall–Kier alpha value is -3.08. The lowest BCUT2D eigenvalue weighted by Gasteiger charge is -2.11. The van der Waals surface area contributed by atoms with E-state index in [2.05, 4.69) is 15.5 Å². The number of phenols is 1. The van der Waals surface area contributed by atoms with Crippen LogP contribution in [0.4, 0.5) is 5.69 Å². The van der Waals surface area contributed by atoms with Crippen LogP contribution in [-0.2, 0) is 6.42 Å². The number of aromatic hydroxyl groups is 1. The molecule has 3 aromatic rings. The zero-order valence-electron chi connectivity index (χ0n) is 11.8. The summed E-state index contributed by atoms with van der Waals surface area (Å²) >= 11 is 0. The summed E-state index contributed by atoms with van der Waals surface area (Å²) in [5.41, 5.74) is 3.08. The highest BCUT2D eigenvalue weighted by Crippen LogP contribution is 2.24. The number of phenolic OH excluding ortho intramolecular Hbond substituents is 1. The Kier molecular flexibility index (Phi) is 3.87. The van der Waals surface area contributed by atoms with Gasteiger partial charge >= 0.3 is 0 Å². The van der Waals surface area contributed by atoms with Crippen LogP contribution in [0.25, 0.3) is 0 Å². The molecule has 1 aromatic heterocycles. The number of amides is 1. The van der Waals surface area contributed by atoms with Gasteiger partial charge in [0.05, 0.1) is 11.8 Å². The van der Waals surface area contributed by atoms with Crippen molar-refractivity contribution >= 4 is 11.6 Å². The Morgan fingerprint density at radius 1 is 1.18 bits per heavy atom. The number of hydrogen-bond donors (Lipinski definition) is 3. The topological polar surface area (TPSA) is 78.0 Å². The number of hydrogen-bond acceptors (Lipinski definition) is 3. The minimum absolute atomic E-state index is 0.173. The van der Waals surface area contributed by atoms with Crippen molar-refractivity contribution in [3.05, 3.63) is 77.6 Å². The third-order valence-electron chi connectivity index (χ3n) is 3.33. The molecule has 0 fully saturated rings. The van der Waals surface area contributed by atoms with Crippen molar-refractivity contribution in [2.75, 3.05) is 5.32 Å². The van der Waals surface area contributed by atoms with Gasteiger partial charge in [0, 0.05) is 11.9 Å². The highest BCUT2D eigenvalue weighted by Gasteiger charge is 2.11. The standard InChI is InChI=1S/C17H15N3O2/c21-15-6-7-16(20-17(22)14-10-18-19-11-14)13(9-15)8-12-4-2-1-3-5-12/h1-7,9-11,21H,8H2,(H,18,19)(H,20,22). The number of nitrogens with one attached hydrogen (secondary N) is 2. The second-order valence-corrected chi connectivity index (χ2v) is 4.94. The van der Waals surface area contributed by atoms with Gasteiger partial charge in [-0.05, 0) is 35.7 Å². The van der Waals surface area contributed by atoms with Crippen LogP contribution in [0.2, 0.25) is 0 Å². The van der Waals surface area contributed by atoms with Gasteiger partial charge in [0.15, 0.2) is 0 Å². The quantitative estimate of drug-likeness (QED) is 0.647. The molecule has 0 saturated heterocycles. The van der Waals surface area contributed by atoms with Crippen molar-refractivity contribution < 1.29 is 9.90 Å². The second kappa shape index (κ2) is 6.13. The number of anilines is 1. The maximum absolute atomic E-state index is 12.1. The van der Waals surface area contributed by atoms with E-state index in [4.69, 9.17) is 0 Å².